The van der Waals surface area contributed by atoms with Crippen molar-refractivity contribution in [2.45, 2.75) is 43.6 Å². The Morgan fingerprint density at radius 2 is 2.09 bits per heavy atom. The molecule has 4 aliphatic rings. The number of fused-ring (bicyclic) bond motifs is 2. The van der Waals surface area contributed by atoms with Crippen molar-refractivity contribution in [3.63, 3.8) is 0 Å². The lowest BCUT2D eigenvalue weighted by Gasteiger charge is -2.61. The van der Waals surface area contributed by atoms with Crippen molar-refractivity contribution in [2.24, 2.45) is 11.8 Å². The number of carbonyl (C=O) groups excluding carboxylic acids is 1. The van der Waals surface area contributed by atoms with Crippen molar-refractivity contribution in [2.75, 3.05) is 52.9 Å². The Hall–Kier alpha value is -2.00. The number of halogens is 1. The monoisotopic (exact) mass is 492 g/mol. The Bertz CT molecular complexity index is 1000. The molecule has 0 aromatic heterocycles. The van der Waals surface area contributed by atoms with Gasteiger partial charge in [-0.05, 0) is 36.8 Å². The van der Waals surface area contributed by atoms with Gasteiger partial charge < -0.3 is 29.0 Å². The highest BCUT2D eigenvalue weighted by Gasteiger charge is 2.70. The molecule has 1 aromatic rings. The van der Waals surface area contributed by atoms with E-state index >= 15 is 0 Å². The molecule has 3 fully saturated rings. The van der Waals surface area contributed by atoms with Crippen LogP contribution in [0, 0.1) is 11.8 Å². The third-order valence-electron chi connectivity index (χ3n) is 8.14. The number of benzene rings is 1. The number of carbonyl (C=O) groups is 1. The number of anilines is 1. The lowest BCUT2D eigenvalue weighted by molar-refractivity contribution is -0.297. The van der Waals surface area contributed by atoms with Crippen LogP contribution in [0.4, 0.5) is 5.69 Å². The van der Waals surface area contributed by atoms with Crippen molar-refractivity contribution in [3.8, 4) is 5.75 Å². The summed E-state index contributed by atoms with van der Waals surface area (Å²) in [5.74, 6) is 0.600. The fourth-order valence-corrected chi connectivity index (χ4v) is 6.97. The van der Waals surface area contributed by atoms with Crippen LogP contribution in [0.1, 0.15) is 31.7 Å². The maximum atomic E-state index is 12.7. The molecular formula is C25H33ClN2O6. The zero-order chi connectivity index (χ0) is 24.1. The Morgan fingerprint density at radius 1 is 1.29 bits per heavy atom. The first-order chi connectivity index (χ1) is 16.4. The van der Waals surface area contributed by atoms with Crippen LogP contribution in [-0.4, -0.2) is 70.3 Å². The van der Waals surface area contributed by atoms with Gasteiger partial charge >= 0.3 is 5.97 Å². The number of methoxy groups -OCH3 is 3. The molecule has 34 heavy (non-hydrogen) atoms. The minimum absolute atomic E-state index is 0.0367. The lowest BCUT2D eigenvalue weighted by Crippen LogP contribution is -2.75. The summed E-state index contributed by atoms with van der Waals surface area (Å²) in [6.45, 7) is 4.85. The normalized spacial score (nSPS) is 34.7. The van der Waals surface area contributed by atoms with Crippen LogP contribution >= 0.6 is 11.6 Å². The van der Waals surface area contributed by atoms with Gasteiger partial charge in [-0.15, -0.1) is 0 Å². The van der Waals surface area contributed by atoms with E-state index < -0.39 is 11.3 Å². The smallest absolute Gasteiger partial charge is 0.337 e. The fourth-order valence-electron chi connectivity index (χ4n) is 6.76. The molecule has 9 heteroatoms. The Balaban J connectivity index is 1.61. The second-order valence-corrected chi connectivity index (χ2v) is 9.92. The first kappa shape index (κ1) is 23.7. The second-order valence-electron chi connectivity index (χ2n) is 9.49. The van der Waals surface area contributed by atoms with E-state index in [1.54, 1.807) is 20.5 Å². The number of esters is 1. The molecule has 0 bridgehead atoms. The molecule has 186 valence electrons. The highest BCUT2D eigenvalue weighted by Crippen LogP contribution is 2.62. The summed E-state index contributed by atoms with van der Waals surface area (Å²) in [5.41, 5.74) is 0.876. The summed E-state index contributed by atoms with van der Waals surface area (Å²) in [5, 5.41) is 4.29. The van der Waals surface area contributed by atoms with E-state index in [1.807, 2.05) is 12.1 Å². The van der Waals surface area contributed by atoms with Gasteiger partial charge in [0, 0.05) is 23.8 Å². The van der Waals surface area contributed by atoms with Crippen molar-refractivity contribution in [1.29, 1.82) is 0 Å². The molecule has 0 saturated carbocycles. The van der Waals surface area contributed by atoms with Crippen LogP contribution in [0.5, 0.6) is 5.75 Å². The molecule has 4 heterocycles. The van der Waals surface area contributed by atoms with Gasteiger partial charge in [-0.1, -0.05) is 24.9 Å². The molecule has 0 radical (unpaired) electrons. The van der Waals surface area contributed by atoms with Crippen molar-refractivity contribution >= 4 is 23.3 Å². The highest BCUT2D eigenvalue weighted by molar-refractivity contribution is 6.31. The minimum atomic E-state index is -0.824. The molecule has 8 nitrogen and oxygen atoms in total. The first-order valence-corrected chi connectivity index (χ1v) is 12.3. The van der Waals surface area contributed by atoms with E-state index in [0.29, 0.717) is 36.0 Å². The number of hydrogen-bond acceptors (Lipinski definition) is 8. The Labute approximate surface area is 205 Å². The molecule has 0 spiro atoms. The third-order valence-corrected chi connectivity index (χ3v) is 8.36. The fraction of sp³-hybridized carbons (Fsp3) is 0.640. The number of nitrogens with zero attached hydrogens (tertiary/aromatic N) is 1. The van der Waals surface area contributed by atoms with Crippen molar-refractivity contribution in [1.82, 2.24) is 4.90 Å². The first-order valence-electron chi connectivity index (χ1n) is 11.9. The number of rotatable bonds is 5. The maximum absolute atomic E-state index is 12.7. The largest absolute Gasteiger partial charge is 0.504 e. The van der Waals surface area contributed by atoms with Crippen LogP contribution in [-0.2, 0) is 29.3 Å². The topological polar surface area (TPSA) is 78.5 Å². The molecule has 0 aliphatic carbocycles. The molecule has 1 aromatic carbocycles. The van der Waals surface area contributed by atoms with E-state index in [4.69, 9.17) is 35.3 Å². The van der Waals surface area contributed by atoms with Gasteiger partial charge in [-0.2, -0.15) is 0 Å². The Morgan fingerprint density at radius 3 is 2.79 bits per heavy atom. The predicted octanol–water partition coefficient (Wildman–Crippen LogP) is 3.54. The molecule has 4 aliphatic heterocycles. The van der Waals surface area contributed by atoms with Gasteiger partial charge in [0.05, 0.1) is 58.0 Å². The minimum Gasteiger partial charge on any atom is -0.504 e. The van der Waals surface area contributed by atoms with E-state index in [-0.39, 0.29) is 23.8 Å². The summed E-state index contributed by atoms with van der Waals surface area (Å²) >= 11 is 6.44. The average molecular weight is 493 g/mol. The molecule has 5 atom stereocenters. The number of nitrogens with one attached hydrogen (secondary N) is 1. The van der Waals surface area contributed by atoms with Crippen LogP contribution in [0.3, 0.4) is 0 Å². The molecule has 0 unspecified atom stereocenters. The van der Waals surface area contributed by atoms with E-state index in [9.17, 15) is 4.79 Å². The zero-order valence-electron chi connectivity index (χ0n) is 20.2. The van der Waals surface area contributed by atoms with Crippen molar-refractivity contribution in [3.05, 3.63) is 34.6 Å². The van der Waals surface area contributed by atoms with Crippen LogP contribution in [0.15, 0.2) is 24.0 Å². The molecule has 0 amide bonds. The molecule has 3 saturated heterocycles. The third kappa shape index (κ3) is 3.26. The summed E-state index contributed by atoms with van der Waals surface area (Å²) in [6, 6.07) is 3.71. The van der Waals surface area contributed by atoms with E-state index in [0.717, 1.165) is 37.2 Å². The number of piperidine rings is 2. The summed E-state index contributed by atoms with van der Waals surface area (Å²) in [7, 11) is 4.63. The Kier molecular flexibility index (Phi) is 6.21. The standard InChI is InChI=1S/C25H33ClN2O6/c1-5-15-13-28-7-6-24-22-19(10-16(26)11-20(22)31-3)27-25(24,34-9-8-33-24)21(28)12-17(15)18(14-30-2)23(29)32-4/h10-11,14-15,17,21,27H,5-9,12-13H2,1-4H3/b18-14+/t15-,17+,21+,24+,25+/m1/s1. The van der Waals surface area contributed by atoms with Gasteiger partial charge in [0.25, 0.3) is 0 Å². The van der Waals surface area contributed by atoms with Crippen LogP contribution in [0.25, 0.3) is 0 Å². The van der Waals surface area contributed by atoms with E-state index in [2.05, 4.69) is 17.1 Å². The highest BCUT2D eigenvalue weighted by atomic mass is 35.5. The van der Waals surface area contributed by atoms with E-state index in [1.165, 1.54) is 7.11 Å². The SMILES string of the molecule is CC[C@@H]1CN2CC[C@@]34OCCO[C@@]3(Nc3cc(Cl)cc(OC)c34)[C@@H]2C[C@@H]1/C(=C\OC)C(=O)OC. The second kappa shape index (κ2) is 8.90. The number of hydrogen-bond donors (Lipinski definition) is 1. The molecule has 1 N–H and O–H groups in total. The maximum Gasteiger partial charge on any atom is 0.337 e. The number of ether oxygens (including phenoxy) is 5. The van der Waals surface area contributed by atoms with Gasteiger partial charge in [0.15, 0.2) is 5.72 Å². The van der Waals surface area contributed by atoms with Crippen molar-refractivity contribution < 1.29 is 28.5 Å². The van der Waals surface area contributed by atoms with Gasteiger partial charge in [0.2, 0.25) is 0 Å². The van der Waals surface area contributed by atoms with Gasteiger partial charge in [-0.3, -0.25) is 4.90 Å². The lowest BCUT2D eigenvalue weighted by atomic mass is 9.67. The van der Waals surface area contributed by atoms with Crippen LogP contribution < -0.4 is 10.1 Å². The summed E-state index contributed by atoms with van der Waals surface area (Å²) in [6.07, 6.45) is 3.95. The van der Waals surface area contributed by atoms with Gasteiger partial charge in [0.1, 0.15) is 11.4 Å². The van der Waals surface area contributed by atoms with Crippen LogP contribution in [0.2, 0.25) is 5.02 Å². The predicted molar refractivity (Wildman–Crippen MR) is 127 cm³/mol. The zero-order valence-corrected chi connectivity index (χ0v) is 20.9. The average Bonchev–Trinajstić information content (AvgIpc) is 3.16. The summed E-state index contributed by atoms with van der Waals surface area (Å²) < 4.78 is 29.5. The summed E-state index contributed by atoms with van der Waals surface area (Å²) in [4.78, 5) is 15.2. The molecule has 5 rings (SSSR count). The quantitative estimate of drug-likeness (QED) is 0.380. The molecular weight excluding hydrogens is 460 g/mol. The van der Waals surface area contributed by atoms with Gasteiger partial charge in [-0.25, -0.2) is 4.79 Å².